The van der Waals surface area contributed by atoms with E-state index in [4.69, 9.17) is 0 Å². The summed E-state index contributed by atoms with van der Waals surface area (Å²) in [5, 5.41) is 4.49. The van der Waals surface area contributed by atoms with Crippen molar-refractivity contribution in [3.05, 3.63) is 40.7 Å². The standard InChI is InChI=1S/C16H24N4S/c1-12(2)8-17-9-15-10-18-16(21-15)20(4)11-14-7-5-6-13(3)19-14/h5-7,10,12,17H,8-9,11H2,1-4H3. The molecule has 0 spiro atoms. The Morgan fingerprint density at radius 2 is 2.14 bits per heavy atom. The number of nitrogens with zero attached hydrogens (tertiary/aromatic N) is 3. The third kappa shape index (κ3) is 5.10. The van der Waals surface area contributed by atoms with Gasteiger partial charge >= 0.3 is 0 Å². The van der Waals surface area contributed by atoms with Crippen molar-refractivity contribution in [2.75, 3.05) is 18.5 Å². The van der Waals surface area contributed by atoms with Crippen LogP contribution in [0.25, 0.3) is 0 Å². The van der Waals surface area contributed by atoms with Gasteiger partial charge in [0.15, 0.2) is 5.13 Å². The molecule has 0 saturated carbocycles. The molecule has 0 bridgehead atoms. The summed E-state index contributed by atoms with van der Waals surface area (Å²) in [6.07, 6.45) is 1.97. The first-order chi connectivity index (χ1) is 10.0. The molecule has 4 nitrogen and oxygen atoms in total. The van der Waals surface area contributed by atoms with Crippen LogP contribution in [0.5, 0.6) is 0 Å². The Kier molecular flexibility index (Phi) is 5.70. The highest BCUT2D eigenvalue weighted by molar-refractivity contribution is 7.15. The zero-order valence-corrected chi connectivity index (χ0v) is 14.1. The molecule has 114 valence electrons. The molecule has 0 amide bonds. The number of aromatic nitrogens is 2. The van der Waals surface area contributed by atoms with Crippen LogP contribution in [0.4, 0.5) is 5.13 Å². The van der Waals surface area contributed by atoms with Crippen molar-refractivity contribution in [3.8, 4) is 0 Å². The lowest BCUT2D eigenvalue weighted by atomic mass is 10.2. The van der Waals surface area contributed by atoms with Crippen LogP contribution in [0.3, 0.4) is 0 Å². The quantitative estimate of drug-likeness (QED) is 0.852. The van der Waals surface area contributed by atoms with Crippen LogP contribution in [-0.4, -0.2) is 23.6 Å². The molecule has 2 aromatic heterocycles. The molecule has 2 heterocycles. The summed E-state index contributed by atoms with van der Waals surface area (Å²) < 4.78 is 0. The molecule has 1 N–H and O–H groups in total. The van der Waals surface area contributed by atoms with Gasteiger partial charge in [-0.25, -0.2) is 4.98 Å². The second-order valence-electron chi connectivity index (χ2n) is 5.76. The summed E-state index contributed by atoms with van der Waals surface area (Å²) in [4.78, 5) is 12.5. The van der Waals surface area contributed by atoms with Gasteiger partial charge in [-0.2, -0.15) is 0 Å². The Morgan fingerprint density at radius 1 is 1.33 bits per heavy atom. The number of pyridine rings is 1. The average Bonchev–Trinajstić information content (AvgIpc) is 2.87. The topological polar surface area (TPSA) is 41.1 Å². The van der Waals surface area contributed by atoms with Crippen LogP contribution in [0.15, 0.2) is 24.4 Å². The van der Waals surface area contributed by atoms with Gasteiger partial charge in [-0.3, -0.25) is 4.98 Å². The lowest BCUT2D eigenvalue weighted by molar-refractivity contribution is 0.554. The number of thiazole rings is 1. The first-order valence-electron chi connectivity index (χ1n) is 7.33. The lowest BCUT2D eigenvalue weighted by Gasteiger charge is -2.15. The first kappa shape index (κ1) is 15.9. The van der Waals surface area contributed by atoms with E-state index in [1.807, 2.05) is 19.2 Å². The molecule has 5 heteroatoms. The largest absolute Gasteiger partial charge is 0.345 e. The molecule has 0 aliphatic heterocycles. The lowest BCUT2D eigenvalue weighted by Crippen LogP contribution is -2.18. The van der Waals surface area contributed by atoms with E-state index >= 15 is 0 Å². The van der Waals surface area contributed by atoms with Gasteiger partial charge in [0, 0.05) is 30.4 Å². The summed E-state index contributed by atoms with van der Waals surface area (Å²) in [6, 6.07) is 6.13. The molecule has 0 saturated heterocycles. The fourth-order valence-electron chi connectivity index (χ4n) is 2.04. The average molecular weight is 304 g/mol. The van der Waals surface area contributed by atoms with Crippen LogP contribution < -0.4 is 10.2 Å². The highest BCUT2D eigenvalue weighted by atomic mass is 32.1. The fraction of sp³-hybridized carbons (Fsp3) is 0.500. The molecule has 0 fully saturated rings. The molecule has 2 rings (SSSR count). The van der Waals surface area contributed by atoms with Crippen molar-refractivity contribution in [2.45, 2.75) is 33.9 Å². The predicted molar refractivity (Wildman–Crippen MR) is 89.7 cm³/mol. The molecule has 0 radical (unpaired) electrons. The summed E-state index contributed by atoms with van der Waals surface area (Å²) in [5.41, 5.74) is 2.13. The number of nitrogens with one attached hydrogen (secondary N) is 1. The SMILES string of the molecule is Cc1cccc(CN(C)c2ncc(CNCC(C)C)s2)n1. The minimum absolute atomic E-state index is 0.674. The molecule has 2 aromatic rings. The highest BCUT2D eigenvalue weighted by Crippen LogP contribution is 2.22. The van der Waals surface area contributed by atoms with Gasteiger partial charge in [0.2, 0.25) is 0 Å². The maximum atomic E-state index is 4.54. The minimum Gasteiger partial charge on any atom is -0.345 e. The second-order valence-corrected chi connectivity index (χ2v) is 6.85. The van der Waals surface area contributed by atoms with E-state index in [-0.39, 0.29) is 0 Å². The van der Waals surface area contributed by atoms with Gasteiger partial charge < -0.3 is 10.2 Å². The van der Waals surface area contributed by atoms with E-state index in [0.717, 1.165) is 36.2 Å². The molecule has 0 aliphatic carbocycles. The Morgan fingerprint density at radius 3 is 2.86 bits per heavy atom. The minimum atomic E-state index is 0.674. The maximum absolute atomic E-state index is 4.54. The monoisotopic (exact) mass is 304 g/mol. The number of hydrogen-bond acceptors (Lipinski definition) is 5. The van der Waals surface area contributed by atoms with Gasteiger partial charge in [-0.1, -0.05) is 19.9 Å². The van der Waals surface area contributed by atoms with Crippen LogP contribution in [0, 0.1) is 12.8 Å². The van der Waals surface area contributed by atoms with Crippen molar-refractivity contribution in [3.63, 3.8) is 0 Å². The summed E-state index contributed by atoms with van der Waals surface area (Å²) in [6.45, 7) is 9.17. The third-order valence-corrected chi connectivity index (χ3v) is 4.18. The van der Waals surface area contributed by atoms with Crippen LogP contribution in [0.2, 0.25) is 0 Å². The van der Waals surface area contributed by atoms with Crippen molar-refractivity contribution in [1.29, 1.82) is 0 Å². The second kappa shape index (κ2) is 7.52. The normalized spacial score (nSPS) is 11.1. The number of hydrogen-bond donors (Lipinski definition) is 1. The maximum Gasteiger partial charge on any atom is 0.185 e. The van der Waals surface area contributed by atoms with Crippen LogP contribution >= 0.6 is 11.3 Å². The van der Waals surface area contributed by atoms with Gasteiger partial charge in [-0.15, -0.1) is 11.3 Å². The molecule has 0 aliphatic rings. The fourth-order valence-corrected chi connectivity index (χ4v) is 2.88. The summed E-state index contributed by atoms with van der Waals surface area (Å²) >= 11 is 1.74. The molecular weight excluding hydrogens is 280 g/mol. The van der Waals surface area contributed by atoms with Crippen molar-refractivity contribution < 1.29 is 0 Å². The van der Waals surface area contributed by atoms with E-state index in [2.05, 4.69) is 53.2 Å². The van der Waals surface area contributed by atoms with Crippen molar-refractivity contribution in [2.24, 2.45) is 5.92 Å². The number of anilines is 1. The van der Waals surface area contributed by atoms with Crippen molar-refractivity contribution in [1.82, 2.24) is 15.3 Å². The zero-order chi connectivity index (χ0) is 15.2. The van der Waals surface area contributed by atoms with E-state index in [0.29, 0.717) is 5.92 Å². The number of aryl methyl sites for hydroxylation is 1. The van der Waals surface area contributed by atoms with Gasteiger partial charge in [-0.05, 0) is 31.5 Å². The molecule has 0 unspecified atom stereocenters. The Labute approximate surface area is 131 Å². The predicted octanol–water partition coefficient (Wildman–Crippen LogP) is 3.23. The molecule has 0 atom stereocenters. The third-order valence-electron chi connectivity index (χ3n) is 3.06. The number of rotatable bonds is 7. The van der Waals surface area contributed by atoms with Crippen LogP contribution in [0.1, 0.15) is 30.1 Å². The Balaban J connectivity index is 1.91. The zero-order valence-electron chi connectivity index (χ0n) is 13.3. The Bertz CT molecular complexity index is 565. The highest BCUT2D eigenvalue weighted by Gasteiger charge is 2.08. The van der Waals surface area contributed by atoms with E-state index in [1.165, 1.54) is 4.88 Å². The van der Waals surface area contributed by atoms with E-state index in [9.17, 15) is 0 Å². The van der Waals surface area contributed by atoms with Crippen LogP contribution in [-0.2, 0) is 13.1 Å². The van der Waals surface area contributed by atoms with E-state index in [1.54, 1.807) is 11.3 Å². The summed E-state index contributed by atoms with van der Waals surface area (Å²) in [7, 11) is 2.06. The molecule has 0 aromatic carbocycles. The van der Waals surface area contributed by atoms with E-state index < -0.39 is 0 Å². The smallest absolute Gasteiger partial charge is 0.185 e. The first-order valence-corrected chi connectivity index (χ1v) is 8.15. The molecular formula is C16H24N4S. The Hall–Kier alpha value is -1.46. The van der Waals surface area contributed by atoms with Gasteiger partial charge in [0.25, 0.3) is 0 Å². The molecule has 21 heavy (non-hydrogen) atoms. The van der Waals surface area contributed by atoms with Crippen molar-refractivity contribution >= 4 is 16.5 Å². The van der Waals surface area contributed by atoms with Gasteiger partial charge in [0.05, 0.1) is 12.2 Å². The summed E-state index contributed by atoms with van der Waals surface area (Å²) in [5.74, 6) is 0.674. The van der Waals surface area contributed by atoms with Gasteiger partial charge in [0.1, 0.15) is 0 Å².